The summed E-state index contributed by atoms with van der Waals surface area (Å²) in [6.07, 6.45) is 6.25. The number of nitrogens with zero attached hydrogens (tertiary/aromatic N) is 4. The van der Waals surface area contributed by atoms with Crippen LogP contribution in [0.4, 0.5) is 17.5 Å². The molecule has 1 fully saturated rings. The lowest BCUT2D eigenvalue weighted by atomic mass is 9.73. The number of piperidine rings is 1. The molecule has 11 heteroatoms. The minimum atomic E-state index is -1.16. The highest BCUT2D eigenvalue weighted by Crippen LogP contribution is 2.52. The lowest BCUT2D eigenvalue weighted by Gasteiger charge is -2.44. The molecule has 5 N–H and O–H groups in total. The molecule has 1 aliphatic heterocycles. The topological polar surface area (TPSA) is 123 Å². The molecular formula is C26H32ClN7OS2. The van der Waals surface area contributed by atoms with E-state index in [1.54, 1.807) is 18.5 Å². The van der Waals surface area contributed by atoms with Crippen LogP contribution in [0.25, 0.3) is 0 Å². The van der Waals surface area contributed by atoms with Crippen LogP contribution >= 0.6 is 23.4 Å². The second-order valence-corrected chi connectivity index (χ2v) is 14.1. The minimum absolute atomic E-state index is 0.00782. The zero-order chi connectivity index (χ0) is 26.4. The molecule has 1 unspecified atom stereocenters. The van der Waals surface area contributed by atoms with Crippen LogP contribution in [-0.4, -0.2) is 37.0 Å². The second-order valence-electron chi connectivity index (χ2n) is 10.7. The van der Waals surface area contributed by atoms with Crippen LogP contribution in [0.5, 0.6) is 0 Å². The van der Waals surface area contributed by atoms with Crippen LogP contribution in [-0.2, 0) is 17.4 Å². The molecule has 0 bridgehead atoms. The largest absolute Gasteiger partial charge is 0.382 e. The Morgan fingerprint density at radius 3 is 2.57 bits per heavy atom. The van der Waals surface area contributed by atoms with Crippen molar-refractivity contribution in [3.63, 3.8) is 0 Å². The number of nitrogens with one attached hydrogen (secondary N) is 1. The van der Waals surface area contributed by atoms with Gasteiger partial charge in [-0.1, -0.05) is 47.6 Å². The second kappa shape index (κ2) is 10.1. The number of pyridine rings is 1. The predicted molar refractivity (Wildman–Crippen MR) is 152 cm³/mol. The van der Waals surface area contributed by atoms with Gasteiger partial charge in [0.05, 0.1) is 33.0 Å². The van der Waals surface area contributed by atoms with Gasteiger partial charge in [-0.2, -0.15) is 0 Å². The maximum atomic E-state index is 13.1. The van der Waals surface area contributed by atoms with Gasteiger partial charge < -0.3 is 16.4 Å². The smallest absolute Gasteiger partial charge is 0.158 e. The molecule has 1 spiro atoms. The van der Waals surface area contributed by atoms with Gasteiger partial charge in [-0.15, -0.1) is 0 Å². The van der Waals surface area contributed by atoms with Crippen molar-refractivity contribution < 1.29 is 4.21 Å². The van der Waals surface area contributed by atoms with E-state index in [2.05, 4.69) is 48.8 Å². The van der Waals surface area contributed by atoms with Gasteiger partial charge in [0.2, 0.25) is 0 Å². The summed E-state index contributed by atoms with van der Waals surface area (Å²) in [7, 11) is -1.16. The van der Waals surface area contributed by atoms with Crippen LogP contribution in [0.3, 0.4) is 0 Å². The summed E-state index contributed by atoms with van der Waals surface area (Å²) in [4.78, 5) is 16.2. The van der Waals surface area contributed by atoms with E-state index in [0.717, 1.165) is 43.1 Å². The van der Waals surface area contributed by atoms with Gasteiger partial charge in [-0.25, -0.2) is 23.9 Å². The van der Waals surface area contributed by atoms with Gasteiger partial charge in [-0.3, -0.25) is 0 Å². The fraction of sp³-hybridized carbons (Fsp3) is 0.423. The maximum Gasteiger partial charge on any atom is 0.158 e. The third kappa shape index (κ3) is 5.16. The first kappa shape index (κ1) is 26.2. The van der Waals surface area contributed by atoms with Crippen molar-refractivity contribution in [3.05, 3.63) is 58.9 Å². The fourth-order valence-electron chi connectivity index (χ4n) is 5.14. The summed E-state index contributed by atoms with van der Waals surface area (Å²) < 4.78 is 16.3. The Kier molecular flexibility index (Phi) is 7.12. The number of fused-ring (bicyclic) bond motifs is 1. The van der Waals surface area contributed by atoms with Gasteiger partial charge >= 0.3 is 0 Å². The number of aromatic nitrogens is 3. The Labute approximate surface area is 229 Å². The Morgan fingerprint density at radius 2 is 1.86 bits per heavy atom. The van der Waals surface area contributed by atoms with Gasteiger partial charge in [0, 0.05) is 24.2 Å². The summed E-state index contributed by atoms with van der Waals surface area (Å²) in [5.41, 5.74) is 14.7. The molecule has 0 radical (unpaired) electrons. The van der Waals surface area contributed by atoms with Crippen LogP contribution in [0.15, 0.2) is 52.6 Å². The molecule has 1 aromatic carbocycles. The normalized spacial score (nSPS) is 19.7. The highest BCUT2D eigenvalue weighted by molar-refractivity contribution is 7.99. The number of benzene rings is 1. The summed E-state index contributed by atoms with van der Waals surface area (Å²) in [5, 5.41) is 0.956. The first-order valence-corrected chi connectivity index (χ1v) is 14.6. The Balaban J connectivity index is 1.32. The lowest BCUT2D eigenvalue weighted by Crippen LogP contribution is -2.48. The standard InChI is InChI=1S/C26H32ClN7OS2/c1-25(2,3)37(35)33-21-17-7-5-4-6-16(17)14-26(21)9-12-34(13-10-26)19-15-31-24(23(29)32-19)36-18-8-11-30-22(28)20(18)27/h4-8,11,15,21,33H,9-10,12-14H2,1-3H3,(H2,28,30)(H2,29,32)/t21-,37?/m1/s1. The van der Waals surface area contributed by atoms with E-state index in [9.17, 15) is 4.21 Å². The highest BCUT2D eigenvalue weighted by Gasteiger charge is 2.48. The van der Waals surface area contributed by atoms with E-state index in [-0.39, 0.29) is 22.0 Å². The zero-order valence-corrected chi connectivity index (χ0v) is 23.6. The third-order valence-electron chi connectivity index (χ3n) is 7.22. The van der Waals surface area contributed by atoms with Crippen molar-refractivity contribution in [1.29, 1.82) is 0 Å². The van der Waals surface area contributed by atoms with E-state index in [4.69, 9.17) is 23.1 Å². The summed E-state index contributed by atoms with van der Waals surface area (Å²) in [6.45, 7) is 7.67. The van der Waals surface area contributed by atoms with Crippen molar-refractivity contribution >= 4 is 51.8 Å². The van der Waals surface area contributed by atoms with E-state index < -0.39 is 11.0 Å². The van der Waals surface area contributed by atoms with Gasteiger partial charge in [-0.05, 0) is 62.6 Å². The number of hydrogen-bond acceptors (Lipinski definition) is 8. The van der Waals surface area contributed by atoms with E-state index >= 15 is 0 Å². The highest BCUT2D eigenvalue weighted by atomic mass is 35.5. The molecule has 1 aliphatic carbocycles. The van der Waals surface area contributed by atoms with Crippen LogP contribution < -0.4 is 21.1 Å². The molecule has 1 saturated heterocycles. The molecule has 0 saturated carbocycles. The number of rotatable bonds is 5. The van der Waals surface area contributed by atoms with Crippen molar-refractivity contribution in [2.45, 2.75) is 60.7 Å². The molecule has 37 heavy (non-hydrogen) atoms. The Hall–Kier alpha value is -2.40. The van der Waals surface area contributed by atoms with Gasteiger partial charge in [0.25, 0.3) is 0 Å². The monoisotopic (exact) mass is 557 g/mol. The first-order valence-electron chi connectivity index (χ1n) is 12.3. The quantitative estimate of drug-likeness (QED) is 0.409. The molecule has 0 amide bonds. The molecule has 8 nitrogen and oxygen atoms in total. The van der Waals surface area contributed by atoms with Crippen molar-refractivity contribution in [2.75, 3.05) is 29.5 Å². The summed E-state index contributed by atoms with van der Waals surface area (Å²) in [5.74, 6) is 1.38. The fourth-order valence-corrected chi connectivity index (χ4v) is 7.10. The van der Waals surface area contributed by atoms with Crippen LogP contribution in [0.1, 0.15) is 50.8 Å². The van der Waals surface area contributed by atoms with Crippen molar-refractivity contribution in [1.82, 2.24) is 19.7 Å². The van der Waals surface area contributed by atoms with E-state index in [1.807, 2.05) is 20.8 Å². The lowest BCUT2D eigenvalue weighted by molar-refractivity contribution is 0.177. The molecule has 5 rings (SSSR count). The molecule has 2 aromatic heterocycles. The van der Waals surface area contributed by atoms with E-state index in [1.165, 1.54) is 22.9 Å². The maximum absolute atomic E-state index is 13.1. The number of nitrogens with two attached hydrogens (primary N) is 2. The average molecular weight is 558 g/mol. The number of halogens is 1. The third-order valence-corrected chi connectivity index (χ3v) is 10.4. The van der Waals surface area contributed by atoms with Crippen molar-refractivity contribution in [3.8, 4) is 0 Å². The Morgan fingerprint density at radius 1 is 1.14 bits per heavy atom. The van der Waals surface area contributed by atoms with E-state index in [0.29, 0.717) is 15.9 Å². The summed E-state index contributed by atoms with van der Waals surface area (Å²) >= 11 is 7.60. The van der Waals surface area contributed by atoms with Gasteiger partial charge in [0.15, 0.2) is 5.82 Å². The van der Waals surface area contributed by atoms with Crippen molar-refractivity contribution in [2.24, 2.45) is 5.41 Å². The number of hydrogen-bond donors (Lipinski definition) is 3. The molecule has 2 aliphatic rings. The first-order chi connectivity index (χ1) is 17.6. The van der Waals surface area contributed by atoms with Crippen LogP contribution in [0.2, 0.25) is 5.02 Å². The molecule has 3 heterocycles. The number of anilines is 3. The molecule has 3 aromatic rings. The average Bonchev–Trinajstić information content (AvgIpc) is 3.15. The predicted octanol–water partition coefficient (Wildman–Crippen LogP) is 4.78. The zero-order valence-electron chi connectivity index (χ0n) is 21.2. The van der Waals surface area contributed by atoms with Gasteiger partial charge in [0.1, 0.15) is 16.7 Å². The Bertz CT molecular complexity index is 1340. The van der Waals surface area contributed by atoms with Crippen LogP contribution in [0, 0.1) is 5.41 Å². The molecular weight excluding hydrogens is 526 g/mol. The molecule has 2 atom stereocenters. The molecule has 196 valence electrons. The number of nitrogen functional groups attached to an aromatic ring is 2. The minimum Gasteiger partial charge on any atom is -0.382 e. The summed E-state index contributed by atoms with van der Waals surface area (Å²) in [6, 6.07) is 10.4. The SMILES string of the molecule is CC(C)(C)S(=O)N[C@@H]1c2ccccc2CC12CCN(c1cnc(Sc3ccnc(N)c3Cl)c(N)n1)CC2.